The summed E-state index contributed by atoms with van der Waals surface area (Å²) in [4.78, 5) is 0. The summed E-state index contributed by atoms with van der Waals surface area (Å²) in [5, 5.41) is 17.4. The minimum Gasteiger partial charge on any atom is -0.395 e. The fourth-order valence-corrected chi connectivity index (χ4v) is 0.448. The van der Waals surface area contributed by atoms with Crippen LogP contribution < -0.4 is 5.73 Å². The van der Waals surface area contributed by atoms with Gasteiger partial charge in [-0.1, -0.05) is 12.2 Å². The molecule has 0 aliphatic rings. The number of hydrogen-bond acceptors (Lipinski definition) is 3. The Hall–Kier alpha value is -0.380. The molecule has 54 valence electrons. The van der Waals surface area contributed by atoms with Crippen molar-refractivity contribution in [3.05, 3.63) is 12.2 Å². The predicted molar refractivity (Wildman–Crippen MR) is 35.9 cm³/mol. The third-order valence-electron chi connectivity index (χ3n) is 1.04. The molecule has 3 nitrogen and oxygen atoms in total. The van der Waals surface area contributed by atoms with Crippen LogP contribution in [0.4, 0.5) is 0 Å². The summed E-state index contributed by atoms with van der Waals surface area (Å²) in [6.45, 7) is 1.60. The molecular formula is C6H13NO2. The zero-order chi connectivity index (χ0) is 7.28. The first kappa shape index (κ1) is 8.62. The number of allylic oxidation sites excluding steroid dienone is 1. The van der Waals surface area contributed by atoms with Gasteiger partial charge in [-0.05, 0) is 6.92 Å². The summed E-state index contributed by atoms with van der Waals surface area (Å²) in [6, 6.07) is -0.554. The van der Waals surface area contributed by atoms with E-state index in [4.69, 9.17) is 15.9 Å². The van der Waals surface area contributed by atoms with Crippen LogP contribution in [0, 0.1) is 0 Å². The molecule has 0 bridgehead atoms. The van der Waals surface area contributed by atoms with Crippen LogP contribution in [0.3, 0.4) is 0 Å². The van der Waals surface area contributed by atoms with Crippen molar-refractivity contribution in [1.82, 2.24) is 0 Å². The van der Waals surface area contributed by atoms with Crippen molar-refractivity contribution in [1.29, 1.82) is 0 Å². The summed E-state index contributed by atoms with van der Waals surface area (Å²) < 4.78 is 0. The van der Waals surface area contributed by atoms with Gasteiger partial charge in [0, 0.05) is 0 Å². The van der Waals surface area contributed by atoms with E-state index in [9.17, 15) is 0 Å². The number of aliphatic hydroxyl groups is 2. The highest BCUT2D eigenvalue weighted by molar-refractivity contribution is 4.91. The van der Waals surface area contributed by atoms with Gasteiger partial charge < -0.3 is 15.9 Å². The molecule has 3 heteroatoms. The van der Waals surface area contributed by atoms with Crippen molar-refractivity contribution in [2.75, 3.05) is 6.61 Å². The van der Waals surface area contributed by atoms with Crippen LogP contribution in [0.1, 0.15) is 6.92 Å². The highest BCUT2D eigenvalue weighted by Crippen LogP contribution is 1.90. The van der Waals surface area contributed by atoms with Crippen molar-refractivity contribution >= 4 is 0 Å². The van der Waals surface area contributed by atoms with Crippen LogP contribution in [0.15, 0.2) is 12.2 Å². The molecule has 0 unspecified atom stereocenters. The lowest BCUT2D eigenvalue weighted by molar-refractivity contribution is 0.144. The Bertz CT molecular complexity index is 93.1. The number of nitrogens with two attached hydrogens (primary N) is 1. The Morgan fingerprint density at radius 1 is 1.67 bits per heavy atom. The van der Waals surface area contributed by atoms with E-state index >= 15 is 0 Å². The van der Waals surface area contributed by atoms with E-state index in [-0.39, 0.29) is 6.61 Å². The third kappa shape index (κ3) is 3.24. The van der Waals surface area contributed by atoms with Crippen molar-refractivity contribution < 1.29 is 10.2 Å². The van der Waals surface area contributed by atoms with E-state index in [1.54, 1.807) is 19.1 Å². The maximum atomic E-state index is 8.95. The van der Waals surface area contributed by atoms with Crippen molar-refractivity contribution in [3.63, 3.8) is 0 Å². The number of aliphatic hydroxyl groups excluding tert-OH is 2. The maximum absolute atomic E-state index is 8.95. The fourth-order valence-electron chi connectivity index (χ4n) is 0.448. The fraction of sp³-hybridized carbons (Fsp3) is 0.667. The second-order valence-electron chi connectivity index (χ2n) is 1.86. The zero-order valence-electron chi connectivity index (χ0n) is 5.49. The van der Waals surface area contributed by atoms with E-state index < -0.39 is 12.1 Å². The van der Waals surface area contributed by atoms with Crippen LogP contribution in [0.25, 0.3) is 0 Å². The first-order valence-electron chi connectivity index (χ1n) is 2.89. The average Bonchev–Trinajstić information content (AvgIpc) is 1.87. The minimum absolute atomic E-state index is 0.189. The van der Waals surface area contributed by atoms with Crippen LogP contribution in [-0.2, 0) is 0 Å². The second kappa shape index (κ2) is 4.49. The molecule has 2 atom stereocenters. The van der Waals surface area contributed by atoms with Gasteiger partial charge in [0.25, 0.3) is 0 Å². The van der Waals surface area contributed by atoms with E-state index in [1.165, 1.54) is 0 Å². The molecule has 0 saturated carbocycles. The highest BCUT2D eigenvalue weighted by atomic mass is 16.3. The Labute approximate surface area is 54.8 Å². The largest absolute Gasteiger partial charge is 0.395 e. The normalized spacial score (nSPS) is 18.2. The lowest BCUT2D eigenvalue weighted by atomic mass is 10.2. The van der Waals surface area contributed by atoms with Crippen molar-refractivity contribution in [2.45, 2.75) is 19.1 Å². The van der Waals surface area contributed by atoms with E-state index in [0.29, 0.717) is 0 Å². The first-order chi connectivity index (χ1) is 4.22. The molecule has 4 N–H and O–H groups in total. The lowest BCUT2D eigenvalue weighted by Crippen LogP contribution is -2.36. The van der Waals surface area contributed by atoms with Gasteiger partial charge in [-0.25, -0.2) is 0 Å². The summed E-state index contributed by atoms with van der Waals surface area (Å²) in [5.41, 5.74) is 5.25. The standard InChI is InChI=1S/C6H13NO2/c1-2-3-6(9)5(7)4-8/h2-3,5-6,8-9H,4,7H2,1H3/b3-2+/t5-,6+/m0/s1. The van der Waals surface area contributed by atoms with Crippen LogP contribution >= 0.6 is 0 Å². The lowest BCUT2D eigenvalue weighted by Gasteiger charge is -2.10. The predicted octanol–water partition coefficient (Wildman–Crippen LogP) is -0.757. The monoisotopic (exact) mass is 131 g/mol. The van der Waals surface area contributed by atoms with Gasteiger partial charge in [0.05, 0.1) is 18.8 Å². The number of hydrogen-bond donors (Lipinski definition) is 3. The van der Waals surface area contributed by atoms with Crippen LogP contribution in [0.5, 0.6) is 0 Å². The van der Waals surface area contributed by atoms with E-state index in [2.05, 4.69) is 0 Å². The van der Waals surface area contributed by atoms with E-state index in [0.717, 1.165) is 0 Å². The molecule has 0 rings (SSSR count). The molecule has 0 aliphatic carbocycles. The Balaban J connectivity index is 3.58. The van der Waals surface area contributed by atoms with Crippen LogP contribution in [-0.4, -0.2) is 29.0 Å². The molecule has 0 aliphatic heterocycles. The quantitative estimate of drug-likeness (QED) is 0.441. The smallest absolute Gasteiger partial charge is 0.0894 e. The van der Waals surface area contributed by atoms with Gasteiger partial charge in [0.2, 0.25) is 0 Å². The van der Waals surface area contributed by atoms with Crippen LogP contribution in [0.2, 0.25) is 0 Å². The van der Waals surface area contributed by atoms with Gasteiger partial charge >= 0.3 is 0 Å². The first-order valence-corrected chi connectivity index (χ1v) is 2.89. The summed E-state index contributed by atoms with van der Waals surface area (Å²) in [7, 11) is 0. The Kier molecular flexibility index (Phi) is 4.30. The van der Waals surface area contributed by atoms with Gasteiger partial charge in [0.1, 0.15) is 0 Å². The van der Waals surface area contributed by atoms with Gasteiger partial charge in [-0.15, -0.1) is 0 Å². The summed E-state index contributed by atoms with van der Waals surface area (Å²) in [6.07, 6.45) is 2.51. The zero-order valence-corrected chi connectivity index (χ0v) is 5.49. The van der Waals surface area contributed by atoms with Gasteiger partial charge in [0.15, 0.2) is 0 Å². The molecule has 0 saturated heterocycles. The second-order valence-corrected chi connectivity index (χ2v) is 1.86. The van der Waals surface area contributed by atoms with Crippen molar-refractivity contribution in [2.24, 2.45) is 5.73 Å². The molecular weight excluding hydrogens is 118 g/mol. The molecule has 0 amide bonds. The highest BCUT2D eigenvalue weighted by Gasteiger charge is 2.07. The Morgan fingerprint density at radius 2 is 2.22 bits per heavy atom. The molecule has 0 radical (unpaired) electrons. The molecule has 0 aromatic heterocycles. The van der Waals surface area contributed by atoms with Gasteiger partial charge in [-0.3, -0.25) is 0 Å². The topological polar surface area (TPSA) is 66.5 Å². The minimum atomic E-state index is -0.722. The molecule has 0 aromatic carbocycles. The molecule has 0 aromatic rings. The summed E-state index contributed by atoms with van der Waals surface area (Å²) in [5.74, 6) is 0. The summed E-state index contributed by atoms with van der Waals surface area (Å²) >= 11 is 0. The maximum Gasteiger partial charge on any atom is 0.0894 e. The van der Waals surface area contributed by atoms with E-state index in [1.807, 2.05) is 0 Å². The third-order valence-corrected chi connectivity index (χ3v) is 1.04. The molecule has 0 heterocycles. The Morgan fingerprint density at radius 3 is 2.56 bits per heavy atom. The molecule has 9 heavy (non-hydrogen) atoms. The molecule has 0 fully saturated rings. The number of rotatable bonds is 3. The van der Waals surface area contributed by atoms with Gasteiger partial charge in [-0.2, -0.15) is 0 Å². The van der Waals surface area contributed by atoms with Crippen molar-refractivity contribution in [3.8, 4) is 0 Å². The molecule has 0 spiro atoms. The average molecular weight is 131 g/mol. The SMILES string of the molecule is C/C=C/[C@@H](O)[C@@H](N)CO.